The standard InChI is InChI=1S/C19H34N4O2/c1-4-22-15-19(7-5-17(22)24)8-11-23(12-9-19)18(25)14-21-10-6-16(13-21)20(2)3/h16H,4-15H2,1-3H3. The van der Waals surface area contributed by atoms with E-state index in [0.29, 0.717) is 24.9 Å². The van der Waals surface area contributed by atoms with Crippen LogP contribution < -0.4 is 0 Å². The van der Waals surface area contributed by atoms with Gasteiger partial charge in [-0.25, -0.2) is 0 Å². The zero-order valence-corrected chi connectivity index (χ0v) is 16.2. The number of piperidine rings is 2. The Morgan fingerprint density at radius 1 is 1.20 bits per heavy atom. The Kier molecular flexibility index (Phi) is 5.68. The minimum Gasteiger partial charge on any atom is -0.342 e. The summed E-state index contributed by atoms with van der Waals surface area (Å²) in [6.07, 6.45) is 4.93. The zero-order valence-electron chi connectivity index (χ0n) is 16.2. The molecular weight excluding hydrogens is 316 g/mol. The largest absolute Gasteiger partial charge is 0.342 e. The quantitative estimate of drug-likeness (QED) is 0.755. The number of likely N-dealkylation sites (tertiary alicyclic amines) is 3. The number of carbonyl (C=O) groups excluding carboxylic acids is 2. The van der Waals surface area contributed by atoms with Gasteiger partial charge in [0.25, 0.3) is 0 Å². The summed E-state index contributed by atoms with van der Waals surface area (Å²) >= 11 is 0. The third kappa shape index (κ3) is 4.17. The van der Waals surface area contributed by atoms with Crippen molar-refractivity contribution in [2.24, 2.45) is 5.41 Å². The van der Waals surface area contributed by atoms with Gasteiger partial charge in [0.05, 0.1) is 6.54 Å². The fraction of sp³-hybridized carbons (Fsp3) is 0.895. The summed E-state index contributed by atoms with van der Waals surface area (Å²) in [5.74, 6) is 0.588. The van der Waals surface area contributed by atoms with Crippen molar-refractivity contribution >= 4 is 11.8 Å². The SMILES string of the molecule is CCN1CC2(CCC1=O)CCN(C(=O)CN1CCC(N(C)C)C1)CC2. The predicted octanol–water partition coefficient (Wildman–Crippen LogP) is 0.873. The van der Waals surface area contributed by atoms with Gasteiger partial charge in [-0.15, -0.1) is 0 Å². The summed E-state index contributed by atoms with van der Waals surface area (Å²) in [5, 5.41) is 0. The summed E-state index contributed by atoms with van der Waals surface area (Å²) in [4.78, 5) is 33.3. The van der Waals surface area contributed by atoms with E-state index in [1.54, 1.807) is 0 Å². The third-order valence-corrected chi connectivity index (χ3v) is 6.64. The van der Waals surface area contributed by atoms with E-state index >= 15 is 0 Å². The molecule has 3 aliphatic heterocycles. The van der Waals surface area contributed by atoms with Gasteiger partial charge in [-0.1, -0.05) is 0 Å². The Labute approximate surface area is 152 Å². The minimum absolute atomic E-state index is 0.254. The van der Waals surface area contributed by atoms with Gasteiger partial charge in [0.2, 0.25) is 11.8 Å². The summed E-state index contributed by atoms with van der Waals surface area (Å²) in [7, 11) is 4.24. The van der Waals surface area contributed by atoms with Crippen molar-refractivity contribution in [2.75, 3.05) is 59.9 Å². The van der Waals surface area contributed by atoms with Crippen molar-refractivity contribution in [3.05, 3.63) is 0 Å². The van der Waals surface area contributed by atoms with Crippen LogP contribution in [0, 0.1) is 5.41 Å². The molecule has 1 unspecified atom stereocenters. The van der Waals surface area contributed by atoms with Crippen LogP contribution in [-0.4, -0.2) is 97.4 Å². The lowest BCUT2D eigenvalue weighted by molar-refractivity contribution is -0.142. The van der Waals surface area contributed by atoms with Gasteiger partial charge in [0.15, 0.2) is 0 Å². The number of hydrogen-bond acceptors (Lipinski definition) is 4. The van der Waals surface area contributed by atoms with Gasteiger partial charge in [0.1, 0.15) is 0 Å². The highest BCUT2D eigenvalue weighted by atomic mass is 16.2. The predicted molar refractivity (Wildman–Crippen MR) is 98.3 cm³/mol. The molecule has 0 aromatic carbocycles. The molecule has 0 bridgehead atoms. The fourth-order valence-electron chi connectivity index (χ4n) is 4.70. The average Bonchev–Trinajstić information content (AvgIpc) is 3.06. The van der Waals surface area contributed by atoms with Crippen LogP contribution >= 0.6 is 0 Å². The highest BCUT2D eigenvalue weighted by Crippen LogP contribution is 2.40. The minimum atomic E-state index is 0.254. The van der Waals surface area contributed by atoms with Crippen LogP contribution in [0.5, 0.6) is 0 Å². The lowest BCUT2D eigenvalue weighted by Gasteiger charge is -2.47. The number of likely N-dealkylation sites (N-methyl/N-ethyl adjacent to an activating group) is 1. The molecule has 2 amide bonds. The lowest BCUT2D eigenvalue weighted by Crippen LogP contribution is -2.53. The van der Waals surface area contributed by atoms with Crippen LogP contribution in [0.4, 0.5) is 0 Å². The molecule has 6 nitrogen and oxygen atoms in total. The van der Waals surface area contributed by atoms with E-state index in [4.69, 9.17) is 0 Å². The molecule has 0 N–H and O–H groups in total. The van der Waals surface area contributed by atoms with Crippen LogP contribution in [0.15, 0.2) is 0 Å². The highest BCUT2D eigenvalue weighted by molar-refractivity contribution is 5.79. The number of rotatable bonds is 4. The van der Waals surface area contributed by atoms with Crippen molar-refractivity contribution < 1.29 is 9.59 Å². The first-order valence-electron chi connectivity index (χ1n) is 9.87. The molecule has 0 radical (unpaired) electrons. The molecule has 6 heteroatoms. The van der Waals surface area contributed by atoms with Crippen molar-refractivity contribution in [1.29, 1.82) is 0 Å². The number of carbonyl (C=O) groups is 2. The highest BCUT2D eigenvalue weighted by Gasteiger charge is 2.41. The second-order valence-corrected chi connectivity index (χ2v) is 8.43. The van der Waals surface area contributed by atoms with E-state index in [1.807, 2.05) is 4.90 Å². The molecule has 3 heterocycles. The molecule has 3 saturated heterocycles. The topological polar surface area (TPSA) is 47.1 Å². The van der Waals surface area contributed by atoms with Crippen molar-refractivity contribution in [1.82, 2.24) is 19.6 Å². The lowest BCUT2D eigenvalue weighted by atomic mass is 9.72. The molecule has 0 saturated carbocycles. The maximum absolute atomic E-state index is 12.7. The van der Waals surface area contributed by atoms with Crippen molar-refractivity contribution in [3.63, 3.8) is 0 Å². The van der Waals surface area contributed by atoms with Gasteiger partial charge in [-0.05, 0) is 52.1 Å². The van der Waals surface area contributed by atoms with Gasteiger partial charge in [-0.3, -0.25) is 14.5 Å². The van der Waals surface area contributed by atoms with E-state index in [-0.39, 0.29) is 11.3 Å². The monoisotopic (exact) mass is 350 g/mol. The fourth-order valence-corrected chi connectivity index (χ4v) is 4.70. The summed E-state index contributed by atoms with van der Waals surface area (Å²) < 4.78 is 0. The molecule has 0 aromatic rings. The van der Waals surface area contributed by atoms with Crippen LogP contribution in [0.1, 0.15) is 39.0 Å². The Hall–Kier alpha value is -1.14. The number of nitrogens with zero attached hydrogens (tertiary/aromatic N) is 4. The molecule has 0 aromatic heterocycles. The molecule has 3 aliphatic rings. The Morgan fingerprint density at radius 3 is 2.52 bits per heavy atom. The molecule has 1 atom stereocenters. The Morgan fingerprint density at radius 2 is 1.92 bits per heavy atom. The normalized spacial score (nSPS) is 27.5. The summed E-state index contributed by atoms with van der Waals surface area (Å²) in [6.45, 7) is 8.07. The first kappa shape index (κ1) is 18.6. The maximum Gasteiger partial charge on any atom is 0.236 e. The maximum atomic E-state index is 12.7. The smallest absolute Gasteiger partial charge is 0.236 e. The van der Waals surface area contributed by atoms with Crippen molar-refractivity contribution in [3.8, 4) is 0 Å². The number of amides is 2. The summed E-state index contributed by atoms with van der Waals surface area (Å²) in [6, 6.07) is 0.581. The molecule has 3 fully saturated rings. The van der Waals surface area contributed by atoms with E-state index in [0.717, 1.165) is 65.0 Å². The third-order valence-electron chi connectivity index (χ3n) is 6.64. The second kappa shape index (κ2) is 7.62. The van der Waals surface area contributed by atoms with Gasteiger partial charge in [0, 0.05) is 51.7 Å². The second-order valence-electron chi connectivity index (χ2n) is 8.43. The molecule has 142 valence electrons. The first-order chi connectivity index (χ1) is 11.9. The zero-order chi connectivity index (χ0) is 18.0. The van der Waals surface area contributed by atoms with Gasteiger partial charge >= 0.3 is 0 Å². The van der Waals surface area contributed by atoms with Crippen molar-refractivity contribution in [2.45, 2.75) is 45.1 Å². The average molecular weight is 351 g/mol. The van der Waals surface area contributed by atoms with E-state index in [1.165, 1.54) is 0 Å². The molecule has 0 aliphatic carbocycles. The van der Waals surface area contributed by atoms with E-state index in [9.17, 15) is 9.59 Å². The van der Waals surface area contributed by atoms with Gasteiger partial charge in [-0.2, -0.15) is 0 Å². The Bertz CT molecular complexity index is 500. The van der Waals surface area contributed by atoms with Crippen LogP contribution in [0.2, 0.25) is 0 Å². The van der Waals surface area contributed by atoms with Crippen LogP contribution in [-0.2, 0) is 9.59 Å². The molecular formula is C19H34N4O2. The molecule has 25 heavy (non-hydrogen) atoms. The number of hydrogen-bond donors (Lipinski definition) is 0. The first-order valence-corrected chi connectivity index (χ1v) is 9.87. The van der Waals surface area contributed by atoms with Crippen LogP contribution in [0.3, 0.4) is 0 Å². The van der Waals surface area contributed by atoms with Crippen LogP contribution in [0.25, 0.3) is 0 Å². The Balaban J connectivity index is 1.47. The van der Waals surface area contributed by atoms with E-state index in [2.05, 4.69) is 35.7 Å². The van der Waals surface area contributed by atoms with E-state index < -0.39 is 0 Å². The van der Waals surface area contributed by atoms with Gasteiger partial charge < -0.3 is 14.7 Å². The summed E-state index contributed by atoms with van der Waals surface area (Å²) in [5.41, 5.74) is 0.254. The molecule has 1 spiro atoms. The molecule has 3 rings (SSSR count).